The Kier molecular flexibility index (Phi) is 18.3. The van der Waals surface area contributed by atoms with Crippen LogP contribution in [0, 0.1) is 26.0 Å². The highest BCUT2D eigenvalue weighted by Gasteiger charge is 2.48. The number of imidazole rings is 2. The minimum atomic E-state index is -4.84. The number of aliphatic hydroxyl groups is 1. The number of aryl methyl sites for hydroxylation is 1. The van der Waals surface area contributed by atoms with E-state index < -0.39 is 126 Å². The van der Waals surface area contributed by atoms with Gasteiger partial charge in [0.15, 0.2) is 16.8 Å². The van der Waals surface area contributed by atoms with Crippen LogP contribution >= 0.6 is 15.6 Å². The topological polar surface area (TPSA) is 353 Å². The normalized spacial score (nSPS) is 24.2. The third kappa shape index (κ3) is 13.5. The highest BCUT2D eigenvalue weighted by molar-refractivity contribution is 7.48. The zero-order valence-electron chi connectivity index (χ0n) is 44.0. The number of nitrogens with zero attached hydrogens (tertiary/aromatic N) is 9. The fourth-order valence-corrected chi connectivity index (χ4v) is 11.8. The summed E-state index contributed by atoms with van der Waals surface area (Å²) in [4.78, 5) is 92.9. The molecular formula is C49H57N13O17P2. The van der Waals surface area contributed by atoms with Crippen LogP contribution in [0.25, 0.3) is 32.0 Å². The molecule has 0 bridgehead atoms. The van der Waals surface area contributed by atoms with Crippen molar-refractivity contribution in [2.24, 2.45) is 5.92 Å². The van der Waals surface area contributed by atoms with E-state index in [1.54, 1.807) is 61.7 Å². The number of phosphoric ester groups is 2. The van der Waals surface area contributed by atoms with Gasteiger partial charge in [-0.25, -0.2) is 42.0 Å². The number of nitrogens with one attached hydrogen (secondary N) is 4. The number of hydrogen-bond acceptors (Lipinski definition) is 21. The number of carbonyl (C=O) groups is 2. The maximum atomic E-state index is 14.8. The van der Waals surface area contributed by atoms with Crippen LogP contribution in [0.3, 0.4) is 0 Å². The molecule has 6 aromatic rings. The lowest BCUT2D eigenvalue weighted by molar-refractivity contribution is -0.118. The van der Waals surface area contributed by atoms with Gasteiger partial charge in [0.05, 0.1) is 49.9 Å². The molecule has 3 fully saturated rings. The number of aliphatic hydroxyl groups excluding tert-OH is 1. The van der Waals surface area contributed by atoms with Gasteiger partial charge in [0, 0.05) is 48.7 Å². The number of H-pyrrole nitrogens is 2. The van der Waals surface area contributed by atoms with Crippen molar-refractivity contribution >= 4 is 61.4 Å². The first-order valence-electron chi connectivity index (χ1n) is 25.6. The number of rotatable bonds is 24. The van der Waals surface area contributed by atoms with Crippen LogP contribution in [-0.2, 0) is 55.3 Å². The number of ether oxygens (including phenoxy) is 3. The Bertz CT molecular complexity index is 3630. The average molecular weight is 1160 g/mol. The summed E-state index contributed by atoms with van der Waals surface area (Å²) < 4.78 is 87.9. The third-order valence-electron chi connectivity index (χ3n) is 13.2. The zero-order valence-corrected chi connectivity index (χ0v) is 45.8. The number of amides is 2. The Hall–Kier alpha value is -7.15. The summed E-state index contributed by atoms with van der Waals surface area (Å²) in [5.74, 6) is -1.31. The van der Waals surface area contributed by atoms with E-state index in [2.05, 4.69) is 50.2 Å². The van der Waals surface area contributed by atoms with Gasteiger partial charge in [0.2, 0.25) is 24.9 Å². The van der Waals surface area contributed by atoms with Gasteiger partial charge in [-0.3, -0.25) is 75.3 Å². The zero-order chi connectivity index (χ0) is 57.6. The Morgan fingerprint density at radius 1 is 0.765 bits per heavy atom. The smallest absolute Gasteiger partial charge is 0.390 e. The molecule has 30 nitrogen and oxygen atoms in total. The number of pyridine rings is 1. The van der Waals surface area contributed by atoms with Crippen molar-refractivity contribution in [2.45, 2.75) is 109 Å². The van der Waals surface area contributed by atoms with Crippen LogP contribution in [0.2, 0.25) is 0 Å². The van der Waals surface area contributed by atoms with Gasteiger partial charge in [-0.15, -0.1) is 0 Å². The van der Waals surface area contributed by atoms with Gasteiger partial charge in [0.1, 0.15) is 55.7 Å². The number of fused-ring (bicyclic) bond motifs is 2. The molecule has 430 valence electrons. The third-order valence-corrected chi connectivity index (χ3v) is 16.2. The quantitative estimate of drug-likeness (QED) is 0.0309. The molecule has 0 saturated carbocycles. The molecule has 3 aliphatic rings. The van der Waals surface area contributed by atoms with Gasteiger partial charge in [-0.05, 0) is 31.5 Å². The maximum Gasteiger partial charge on any atom is 0.475 e. The van der Waals surface area contributed by atoms with Crippen LogP contribution in [0.15, 0.2) is 75.8 Å². The monoisotopic (exact) mass is 1160 g/mol. The fourth-order valence-electron chi connectivity index (χ4n) is 9.05. The molecule has 2 amide bonds. The highest BCUT2D eigenvalue weighted by Crippen LogP contribution is 2.56. The van der Waals surface area contributed by atoms with Gasteiger partial charge < -0.3 is 34.3 Å². The maximum absolute atomic E-state index is 14.8. The van der Waals surface area contributed by atoms with Crippen molar-refractivity contribution in [3.63, 3.8) is 0 Å². The first-order chi connectivity index (χ1) is 38.9. The van der Waals surface area contributed by atoms with E-state index in [1.807, 2.05) is 0 Å². The molecule has 8 heterocycles. The van der Waals surface area contributed by atoms with Gasteiger partial charge >= 0.3 is 21.3 Å². The molecule has 5 aromatic heterocycles. The second kappa shape index (κ2) is 25.3. The number of aromatic nitrogens is 9. The molecule has 1 aromatic carbocycles. The second-order valence-electron chi connectivity index (χ2n) is 19.1. The lowest BCUT2D eigenvalue weighted by Gasteiger charge is -2.27. The lowest BCUT2D eigenvalue weighted by Crippen LogP contribution is -2.33. The van der Waals surface area contributed by atoms with Gasteiger partial charge in [-0.1, -0.05) is 39.0 Å². The largest absolute Gasteiger partial charge is 0.475 e. The fraction of sp³-hybridized carbons (Fsp3) is 0.490. The summed E-state index contributed by atoms with van der Waals surface area (Å²) in [6.45, 7) is 18.5. The molecule has 0 spiro atoms. The highest BCUT2D eigenvalue weighted by atomic mass is 31.2. The van der Waals surface area contributed by atoms with Crippen molar-refractivity contribution < 1.29 is 65.2 Å². The number of hydrogen-bond donors (Lipinski definition) is 5. The van der Waals surface area contributed by atoms with E-state index in [4.69, 9.17) is 54.5 Å². The number of phosphoric acid groups is 2. The molecule has 0 aliphatic carbocycles. The van der Waals surface area contributed by atoms with Crippen LogP contribution in [0.5, 0.6) is 0 Å². The Labute approximate surface area is 460 Å². The number of benzene rings is 1. The molecule has 81 heavy (non-hydrogen) atoms. The molecule has 0 radical (unpaired) electrons. The Balaban J connectivity index is 0.929. The standard InChI is InChI=1S/C49H57N13O17P2/c1-7-32-33(20-39(75-32)62-26-54-41-43(62)56-48(58-47(41)67)57-44(64)27(2)3)78-81(70,72-18-16-51-6)74-24-36-34(21-38(77-36)60-22-28(4)45(65)59-49(60)68)79-80(69,71-17-15-50-5)73-23-35-31(63)19-37(76-35)61-25-53-40-30(13-14-52-42(40)61)55-46(66)29-11-9-8-10-12-29/h8-14,22,25-27,31-39,63H,7,15-21,23-24H2,1-4H3,(H,52,55,66)(H,59,65,68)(H2,56,57,58,64,67). The first kappa shape index (κ1) is 58.5. The van der Waals surface area contributed by atoms with E-state index in [0.717, 1.165) is 4.57 Å². The molecule has 3 aliphatic heterocycles. The summed E-state index contributed by atoms with van der Waals surface area (Å²) in [6.07, 6.45) is -4.58. The van der Waals surface area contributed by atoms with E-state index in [9.17, 15) is 38.2 Å². The first-order valence-corrected chi connectivity index (χ1v) is 28.5. The molecule has 5 N–H and O–H groups in total. The van der Waals surface area contributed by atoms with Crippen LogP contribution in [0.4, 0.5) is 11.6 Å². The van der Waals surface area contributed by atoms with E-state index in [0.29, 0.717) is 28.8 Å². The SMILES string of the molecule is [C-]#[N+]CCOP(=O)(OCC1OC(n2cnc3c(NC(=O)c4ccccc4)ccnc32)CC1O)OC1CC(n2cc(C)c(=O)[nH]c2=O)OC1COP(=O)(OCC[N+]#[C-])OC1CC(n2cnc3c(=O)[nH]c(NC(=O)C(C)C)nc32)OC1CC. The Morgan fingerprint density at radius 2 is 1.36 bits per heavy atom. The minimum absolute atomic E-state index is 0.0117. The summed E-state index contributed by atoms with van der Waals surface area (Å²) >= 11 is 0. The number of carbonyl (C=O) groups excluding carboxylic acids is 2. The molecule has 3 saturated heterocycles. The lowest BCUT2D eigenvalue weighted by atomic mass is 10.1. The van der Waals surface area contributed by atoms with Crippen LogP contribution < -0.4 is 27.4 Å². The summed E-state index contributed by atoms with van der Waals surface area (Å²) in [6, 6.07) is 10.2. The second-order valence-corrected chi connectivity index (χ2v) is 22.4. The van der Waals surface area contributed by atoms with Crippen molar-refractivity contribution in [2.75, 3.05) is 50.2 Å². The molecular weight excluding hydrogens is 1100 g/mol. The molecule has 11 atom stereocenters. The van der Waals surface area contributed by atoms with Gasteiger partial charge in [0.25, 0.3) is 17.0 Å². The molecule has 32 heteroatoms. The summed E-state index contributed by atoms with van der Waals surface area (Å²) in [5, 5.41) is 16.7. The van der Waals surface area contributed by atoms with Gasteiger partial charge in [-0.2, -0.15) is 4.98 Å². The predicted octanol–water partition coefficient (Wildman–Crippen LogP) is 4.79. The minimum Gasteiger partial charge on any atom is -0.390 e. The van der Waals surface area contributed by atoms with E-state index in [-0.39, 0.29) is 60.9 Å². The average Bonchev–Trinajstić information content (AvgIpc) is 4.37. The molecule has 9 rings (SSSR count). The summed E-state index contributed by atoms with van der Waals surface area (Å²) in [7, 11) is -9.60. The van der Waals surface area contributed by atoms with E-state index >= 15 is 0 Å². The summed E-state index contributed by atoms with van der Waals surface area (Å²) in [5.41, 5.74) is -0.558. The number of aromatic amines is 2. The Morgan fingerprint density at radius 3 is 2.01 bits per heavy atom. The van der Waals surface area contributed by atoms with Crippen LogP contribution in [-0.4, -0.2) is 137 Å². The molecule has 11 unspecified atom stereocenters. The van der Waals surface area contributed by atoms with Crippen LogP contribution in [0.1, 0.15) is 81.1 Å². The van der Waals surface area contributed by atoms with Crippen molar-refractivity contribution in [3.05, 3.63) is 127 Å². The predicted molar refractivity (Wildman–Crippen MR) is 283 cm³/mol. The van der Waals surface area contributed by atoms with Crippen molar-refractivity contribution in [1.82, 2.24) is 43.6 Å². The number of anilines is 2. The van der Waals surface area contributed by atoms with E-state index in [1.165, 1.54) is 36.5 Å². The van der Waals surface area contributed by atoms with Crippen molar-refractivity contribution in [1.29, 1.82) is 0 Å². The van der Waals surface area contributed by atoms with Crippen molar-refractivity contribution in [3.8, 4) is 0 Å².